The highest BCUT2D eigenvalue weighted by Gasteiger charge is 2.00. The fraction of sp³-hybridized carbons (Fsp3) is 1.00. The summed E-state index contributed by atoms with van der Waals surface area (Å²) >= 11 is 0. The molecular weight excluding hydrogens is 112 g/mol. The van der Waals surface area contributed by atoms with Crippen molar-refractivity contribution in [3.8, 4) is 0 Å². The molecule has 0 radical (unpaired) electrons. The SMILES string of the molecule is CC(O)C[N+]([O-])=NO. The van der Waals surface area contributed by atoms with Crippen LogP contribution in [0.1, 0.15) is 6.92 Å². The second kappa shape index (κ2) is 3.20. The van der Waals surface area contributed by atoms with Gasteiger partial charge in [-0.25, -0.2) is 0 Å². The largest absolute Gasteiger partial charge is 0.597 e. The van der Waals surface area contributed by atoms with Crippen LogP contribution in [0.4, 0.5) is 0 Å². The average Bonchev–Trinajstić information content (AvgIpc) is 1.65. The van der Waals surface area contributed by atoms with Gasteiger partial charge in [-0.1, -0.05) is 4.86 Å². The Morgan fingerprint density at radius 2 is 2.38 bits per heavy atom. The van der Waals surface area contributed by atoms with E-state index >= 15 is 0 Å². The van der Waals surface area contributed by atoms with Crippen molar-refractivity contribution < 1.29 is 15.2 Å². The van der Waals surface area contributed by atoms with Gasteiger partial charge in [0, 0.05) is 0 Å². The molecule has 0 aromatic rings. The molecule has 1 unspecified atom stereocenters. The lowest BCUT2D eigenvalue weighted by Gasteiger charge is -1.98. The van der Waals surface area contributed by atoms with Crippen molar-refractivity contribution in [1.29, 1.82) is 0 Å². The zero-order valence-electron chi connectivity index (χ0n) is 4.48. The first kappa shape index (κ1) is 7.16. The summed E-state index contributed by atoms with van der Waals surface area (Å²) in [5.74, 6) is 0. The minimum Gasteiger partial charge on any atom is -0.597 e. The Hall–Kier alpha value is -0.840. The van der Waals surface area contributed by atoms with Crippen LogP contribution in [0.3, 0.4) is 0 Å². The molecule has 0 amide bonds. The smallest absolute Gasteiger partial charge is 0.209 e. The fourth-order valence-electron chi connectivity index (χ4n) is 0.263. The monoisotopic (exact) mass is 120 g/mol. The van der Waals surface area contributed by atoms with Crippen LogP contribution in [-0.2, 0) is 0 Å². The quantitative estimate of drug-likeness (QED) is 0.299. The predicted octanol–water partition coefficient (Wildman–Crippen LogP) is -0.281. The van der Waals surface area contributed by atoms with Crippen molar-refractivity contribution in [2.24, 2.45) is 5.28 Å². The standard InChI is InChI=1S/C3H8N2O3/c1-3(6)2-5(8)4-7/h3,6-7H,2H2,1H3. The fourth-order valence-corrected chi connectivity index (χ4v) is 0.263. The van der Waals surface area contributed by atoms with Crippen molar-refractivity contribution in [1.82, 2.24) is 0 Å². The van der Waals surface area contributed by atoms with Gasteiger partial charge in [0.15, 0.2) is 5.28 Å². The molecule has 0 aromatic heterocycles. The van der Waals surface area contributed by atoms with Crippen molar-refractivity contribution in [3.05, 3.63) is 5.21 Å². The molecule has 0 rings (SSSR count). The third-order valence-corrected chi connectivity index (χ3v) is 0.520. The maximum atomic E-state index is 9.96. The Bertz CT molecular complexity index is 90.5. The second-order valence-corrected chi connectivity index (χ2v) is 1.47. The maximum Gasteiger partial charge on any atom is 0.209 e. The number of rotatable bonds is 2. The number of hydroxylamine groups is 1. The van der Waals surface area contributed by atoms with E-state index in [0.29, 0.717) is 0 Å². The van der Waals surface area contributed by atoms with Crippen LogP contribution in [0.2, 0.25) is 0 Å². The highest BCUT2D eigenvalue weighted by molar-refractivity contribution is 4.36. The van der Waals surface area contributed by atoms with E-state index < -0.39 is 6.10 Å². The molecule has 5 heteroatoms. The molecule has 0 aliphatic carbocycles. The van der Waals surface area contributed by atoms with Crippen LogP contribution in [0.5, 0.6) is 0 Å². The Labute approximate surface area is 46.4 Å². The van der Waals surface area contributed by atoms with Crippen molar-refractivity contribution in [3.63, 3.8) is 0 Å². The van der Waals surface area contributed by atoms with E-state index in [1.54, 1.807) is 0 Å². The van der Waals surface area contributed by atoms with Crippen molar-refractivity contribution in [2.45, 2.75) is 13.0 Å². The Morgan fingerprint density at radius 1 is 1.88 bits per heavy atom. The highest BCUT2D eigenvalue weighted by Crippen LogP contribution is 1.80. The summed E-state index contributed by atoms with van der Waals surface area (Å²) in [5, 5.41) is 28.4. The Kier molecular flexibility index (Phi) is 2.86. The predicted molar refractivity (Wildman–Crippen MR) is 24.4 cm³/mol. The maximum absolute atomic E-state index is 9.96. The lowest BCUT2D eigenvalue weighted by molar-refractivity contribution is -0.562. The normalized spacial score (nSPS) is 16.0. The molecule has 0 saturated heterocycles. The molecule has 0 fully saturated rings. The van der Waals surface area contributed by atoms with E-state index in [4.69, 9.17) is 10.3 Å². The molecule has 0 spiro atoms. The second-order valence-electron chi connectivity index (χ2n) is 1.47. The summed E-state index contributed by atoms with van der Waals surface area (Å²) in [6.07, 6.45) is -0.761. The zero-order chi connectivity index (χ0) is 6.57. The summed E-state index contributed by atoms with van der Waals surface area (Å²) in [4.78, 5) is 0.00463. The number of hydrogen-bond acceptors (Lipinski definition) is 3. The van der Waals surface area contributed by atoms with E-state index in [1.807, 2.05) is 0 Å². The molecule has 0 saturated carbocycles. The third-order valence-electron chi connectivity index (χ3n) is 0.520. The summed E-state index contributed by atoms with van der Waals surface area (Å²) in [6, 6.07) is 0. The van der Waals surface area contributed by atoms with E-state index in [9.17, 15) is 5.21 Å². The molecule has 0 heterocycles. The lowest BCUT2D eigenvalue weighted by atomic mass is 10.4. The zero-order valence-corrected chi connectivity index (χ0v) is 4.48. The first-order valence-electron chi connectivity index (χ1n) is 2.14. The minimum absolute atomic E-state index is 0.00463. The highest BCUT2D eigenvalue weighted by atomic mass is 16.6. The van der Waals surface area contributed by atoms with E-state index in [2.05, 4.69) is 5.28 Å². The molecule has 1 atom stereocenters. The summed E-state index contributed by atoms with van der Waals surface area (Å²) in [7, 11) is 0. The van der Waals surface area contributed by atoms with E-state index in [-0.39, 0.29) is 11.4 Å². The van der Waals surface area contributed by atoms with E-state index in [1.165, 1.54) is 6.92 Å². The molecule has 48 valence electrons. The van der Waals surface area contributed by atoms with Crippen molar-refractivity contribution in [2.75, 3.05) is 6.54 Å². The summed E-state index contributed by atoms with van der Waals surface area (Å²) in [5.41, 5.74) is 0. The van der Waals surface area contributed by atoms with Gasteiger partial charge in [0.1, 0.15) is 6.10 Å². The van der Waals surface area contributed by atoms with Gasteiger partial charge in [0.25, 0.3) is 0 Å². The van der Waals surface area contributed by atoms with Crippen LogP contribution < -0.4 is 0 Å². The first-order chi connectivity index (χ1) is 3.66. The summed E-state index contributed by atoms with van der Waals surface area (Å²) < 4.78 is 0. The van der Waals surface area contributed by atoms with Gasteiger partial charge >= 0.3 is 0 Å². The van der Waals surface area contributed by atoms with Gasteiger partial charge in [-0.2, -0.15) is 0 Å². The van der Waals surface area contributed by atoms with Gasteiger partial charge in [-0.05, 0) is 6.92 Å². The van der Waals surface area contributed by atoms with Gasteiger partial charge in [-0.15, -0.1) is 0 Å². The van der Waals surface area contributed by atoms with Crippen LogP contribution in [0.25, 0.3) is 0 Å². The van der Waals surface area contributed by atoms with Crippen molar-refractivity contribution >= 4 is 0 Å². The summed E-state index contributed by atoms with van der Waals surface area (Å²) in [6.45, 7) is 1.23. The van der Waals surface area contributed by atoms with Gasteiger partial charge in [-0.3, -0.25) is 0 Å². The molecular formula is C3H8N2O3. The Balaban J connectivity index is 3.39. The first-order valence-corrected chi connectivity index (χ1v) is 2.14. The lowest BCUT2D eigenvalue weighted by Crippen LogP contribution is -2.15. The van der Waals surface area contributed by atoms with E-state index in [0.717, 1.165) is 0 Å². The van der Waals surface area contributed by atoms with Crippen LogP contribution in [0, 0.1) is 5.21 Å². The minimum atomic E-state index is -0.761. The molecule has 8 heavy (non-hydrogen) atoms. The molecule has 2 N–H and O–H groups in total. The van der Waals surface area contributed by atoms with Crippen LogP contribution in [-0.4, -0.2) is 27.8 Å². The number of nitrogens with zero attached hydrogens (tertiary/aromatic N) is 2. The van der Waals surface area contributed by atoms with Crippen LogP contribution >= 0.6 is 0 Å². The molecule has 0 aliphatic heterocycles. The number of aliphatic hydroxyl groups is 1. The van der Waals surface area contributed by atoms with Gasteiger partial charge < -0.3 is 15.5 Å². The van der Waals surface area contributed by atoms with Crippen LogP contribution in [0.15, 0.2) is 5.28 Å². The van der Waals surface area contributed by atoms with Gasteiger partial charge in [0.2, 0.25) is 6.54 Å². The molecule has 0 bridgehead atoms. The van der Waals surface area contributed by atoms with Gasteiger partial charge in [0.05, 0.1) is 0 Å². The molecule has 5 nitrogen and oxygen atoms in total. The Morgan fingerprint density at radius 3 is 2.50 bits per heavy atom. The molecule has 0 aromatic carbocycles. The number of hydrogen-bond donors (Lipinski definition) is 2. The average molecular weight is 120 g/mol. The topological polar surface area (TPSA) is 78.9 Å². The third kappa shape index (κ3) is 3.35. The number of aliphatic hydroxyl groups excluding tert-OH is 1. The molecule has 0 aliphatic rings.